The number of alkyl halides is 3. The lowest BCUT2D eigenvalue weighted by Crippen LogP contribution is -2.47. The lowest BCUT2D eigenvalue weighted by molar-refractivity contribution is -0.384. The van der Waals surface area contributed by atoms with Gasteiger partial charge in [0.2, 0.25) is 5.60 Å². The number of anilines is 1. The molecule has 9 heteroatoms. The molecule has 4 aromatic rings. The lowest BCUT2D eigenvalue weighted by Gasteiger charge is -2.31. The van der Waals surface area contributed by atoms with Gasteiger partial charge in [-0.15, -0.1) is 0 Å². The summed E-state index contributed by atoms with van der Waals surface area (Å²) in [7, 11) is 0. The van der Waals surface area contributed by atoms with E-state index in [1.165, 1.54) is 22.9 Å². The van der Waals surface area contributed by atoms with Gasteiger partial charge in [0.15, 0.2) is 0 Å². The van der Waals surface area contributed by atoms with Crippen molar-refractivity contribution in [3.63, 3.8) is 0 Å². The number of nitro groups is 1. The van der Waals surface area contributed by atoms with Gasteiger partial charge in [0, 0.05) is 41.5 Å². The molecule has 0 aliphatic heterocycles. The Balaban J connectivity index is 1.85. The van der Waals surface area contributed by atoms with Crippen molar-refractivity contribution in [3.05, 3.63) is 106 Å². The zero-order valence-corrected chi connectivity index (χ0v) is 17.3. The Morgan fingerprint density at radius 2 is 1.61 bits per heavy atom. The summed E-state index contributed by atoms with van der Waals surface area (Å²) < 4.78 is 44.3. The number of aromatic nitrogens is 1. The van der Waals surface area contributed by atoms with Crippen LogP contribution in [0.5, 0.6) is 0 Å². The van der Waals surface area contributed by atoms with Crippen molar-refractivity contribution in [1.29, 1.82) is 0 Å². The zero-order valence-electron chi connectivity index (χ0n) is 17.3. The molecule has 170 valence electrons. The number of para-hydroxylation sites is 1. The molecule has 1 unspecified atom stereocenters. The molecule has 1 aromatic heterocycles. The van der Waals surface area contributed by atoms with E-state index in [-0.39, 0.29) is 28.7 Å². The minimum Gasteiger partial charge on any atom is -0.381 e. The molecule has 1 atom stereocenters. The van der Waals surface area contributed by atoms with E-state index in [1.54, 1.807) is 54.6 Å². The number of fused-ring (bicyclic) bond motifs is 1. The normalized spacial score (nSPS) is 13.6. The van der Waals surface area contributed by atoms with E-state index < -0.39 is 23.2 Å². The maximum absolute atomic E-state index is 14.3. The molecule has 0 radical (unpaired) electrons. The smallest absolute Gasteiger partial charge is 0.381 e. The van der Waals surface area contributed by atoms with Crippen LogP contribution in [0.4, 0.5) is 24.5 Å². The molecular formula is C24H20F3N3O3. The SMILES string of the molecule is O=[N+]([O-])c1ccc2c(C(O)(CNc3ccccc3)C(F)(F)F)cn(Cc3ccccc3)c2c1. The Hall–Kier alpha value is -3.85. The minimum atomic E-state index is -5.01. The molecule has 2 N–H and O–H groups in total. The number of halogens is 3. The van der Waals surface area contributed by atoms with Crippen LogP contribution in [0.3, 0.4) is 0 Å². The van der Waals surface area contributed by atoms with E-state index in [4.69, 9.17) is 0 Å². The first kappa shape index (κ1) is 22.3. The number of rotatable bonds is 7. The summed E-state index contributed by atoms with van der Waals surface area (Å²) in [5.74, 6) is 0. The average Bonchev–Trinajstić information content (AvgIpc) is 3.16. The van der Waals surface area contributed by atoms with Crippen LogP contribution in [0.1, 0.15) is 11.1 Å². The highest BCUT2D eigenvalue weighted by molar-refractivity contribution is 5.87. The molecule has 0 amide bonds. The average molecular weight is 455 g/mol. The first-order valence-electron chi connectivity index (χ1n) is 10.1. The predicted octanol–water partition coefficient (Wildman–Crippen LogP) is 5.46. The van der Waals surface area contributed by atoms with Crippen molar-refractivity contribution in [3.8, 4) is 0 Å². The van der Waals surface area contributed by atoms with E-state index >= 15 is 0 Å². The maximum atomic E-state index is 14.3. The van der Waals surface area contributed by atoms with Crippen molar-refractivity contribution >= 4 is 22.3 Å². The molecule has 0 aliphatic rings. The lowest BCUT2D eigenvalue weighted by atomic mass is 9.92. The number of hydrogen-bond acceptors (Lipinski definition) is 4. The van der Waals surface area contributed by atoms with Gasteiger partial charge in [0.25, 0.3) is 5.69 Å². The number of nitrogens with zero attached hydrogens (tertiary/aromatic N) is 2. The number of hydrogen-bond donors (Lipinski definition) is 2. The van der Waals surface area contributed by atoms with Crippen LogP contribution in [0.2, 0.25) is 0 Å². The maximum Gasteiger partial charge on any atom is 0.423 e. The van der Waals surface area contributed by atoms with Crippen molar-refractivity contribution in [2.75, 3.05) is 11.9 Å². The van der Waals surface area contributed by atoms with Crippen LogP contribution in [0.15, 0.2) is 85.1 Å². The largest absolute Gasteiger partial charge is 0.423 e. The van der Waals surface area contributed by atoms with Gasteiger partial charge in [-0.1, -0.05) is 48.5 Å². The number of non-ortho nitro benzene ring substituents is 1. The quantitative estimate of drug-likeness (QED) is 0.287. The van der Waals surface area contributed by atoms with Gasteiger partial charge in [0.1, 0.15) is 0 Å². The number of benzene rings is 3. The fraction of sp³-hybridized carbons (Fsp3) is 0.167. The monoisotopic (exact) mass is 455 g/mol. The van der Waals surface area contributed by atoms with Crippen LogP contribution in [-0.2, 0) is 12.1 Å². The summed E-state index contributed by atoms with van der Waals surface area (Å²) in [6.45, 7) is -0.652. The van der Waals surface area contributed by atoms with Crippen LogP contribution >= 0.6 is 0 Å². The molecule has 1 heterocycles. The summed E-state index contributed by atoms with van der Waals surface area (Å²) in [5, 5.41) is 25.0. The number of aliphatic hydroxyl groups is 1. The fourth-order valence-electron chi connectivity index (χ4n) is 3.77. The molecular weight excluding hydrogens is 435 g/mol. The second-order valence-electron chi connectivity index (χ2n) is 7.69. The van der Waals surface area contributed by atoms with Crippen LogP contribution in [0, 0.1) is 10.1 Å². The minimum absolute atomic E-state index is 0.0891. The predicted molar refractivity (Wildman–Crippen MR) is 119 cm³/mol. The Bertz CT molecular complexity index is 1270. The molecule has 6 nitrogen and oxygen atoms in total. The highest BCUT2D eigenvalue weighted by Crippen LogP contribution is 2.43. The molecule has 0 spiro atoms. The number of nitrogens with one attached hydrogen (secondary N) is 1. The van der Waals surface area contributed by atoms with Gasteiger partial charge in [-0.2, -0.15) is 13.2 Å². The Kier molecular flexibility index (Phi) is 5.82. The van der Waals surface area contributed by atoms with E-state index in [0.717, 1.165) is 11.6 Å². The third kappa shape index (κ3) is 4.40. The third-order valence-electron chi connectivity index (χ3n) is 5.51. The molecule has 0 aliphatic carbocycles. The van der Waals surface area contributed by atoms with E-state index in [9.17, 15) is 28.4 Å². The molecule has 33 heavy (non-hydrogen) atoms. The second kappa shape index (κ2) is 8.59. The molecule has 0 fully saturated rings. The van der Waals surface area contributed by atoms with E-state index in [2.05, 4.69) is 5.32 Å². The first-order chi connectivity index (χ1) is 15.7. The van der Waals surface area contributed by atoms with Crippen molar-refractivity contribution in [2.24, 2.45) is 0 Å². The Morgan fingerprint density at radius 3 is 2.21 bits per heavy atom. The van der Waals surface area contributed by atoms with Crippen LogP contribution in [0.25, 0.3) is 10.9 Å². The van der Waals surface area contributed by atoms with Gasteiger partial charge in [-0.05, 0) is 23.8 Å². The van der Waals surface area contributed by atoms with Gasteiger partial charge in [-0.25, -0.2) is 0 Å². The highest BCUT2D eigenvalue weighted by Gasteiger charge is 2.56. The standard InChI is InChI=1S/C24H20F3N3O3/c25-24(26,27)23(31,16-28-18-9-5-2-6-10-18)21-15-29(14-17-7-3-1-4-8-17)22-13-19(30(32)33)11-12-20(21)22/h1-13,15,28,31H,14,16H2. The Labute approximate surface area is 187 Å². The van der Waals surface area contributed by atoms with Crippen molar-refractivity contribution in [1.82, 2.24) is 4.57 Å². The van der Waals surface area contributed by atoms with Crippen molar-refractivity contribution < 1.29 is 23.2 Å². The summed E-state index contributed by atoms with van der Waals surface area (Å²) in [6.07, 6.45) is -3.79. The van der Waals surface area contributed by atoms with Gasteiger partial charge < -0.3 is 15.0 Å². The zero-order chi connectivity index (χ0) is 23.6. The summed E-state index contributed by atoms with van der Waals surface area (Å²) >= 11 is 0. The Morgan fingerprint density at radius 1 is 0.970 bits per heavy atom. The fourth-order valence-corrected chi connectivity index (χ4v) is 3.77. The van der Waals surface area contributed by atoms with Crippen LogP contribution < -0.4 is 5.32 Å². The highest BCUT2D eigenvalue weighted by atomic mass is 19.4. The van der Waals surface area contributed by atoms with Gasteiger partial charge in [0.05, 0.1) is 17.0 Å². The molecule has 4 rings (SSSR count). The summed E-state index contributed by atoms with van der Waals surface area (Å²) in [6, 6.07) is 20.9. The van der Waals surface area contributed by atoms with Gasteiger partial charge in [-0.3, -0.25) is 10.1 Å². The van der Waals surface area contributed by atoms with Crippen molar-refractivity contribution in [2.45, 2.75) is 18.3 Å². The van der Waals surface area contributed by atoms with E-state index in [1.807, 2.05) is 6.07 Å². The van der Waals surface area contributed by atoms with E-state index in [0.29, 0.717) is 5.69 Å². The third-order valence-corrected chi connectivity index (χ3v) is 5.51. The second-order valence-corrected chi connectivity index (χ2v) is 7.69. The number of nitro benzene ring substituents is 1. The topological polar surface area (TPSA) is 80.3 Å². The summed E-state index contributed by atoms with van der Waals surface area (Å²) in [4.78, 5) is 10.7. The molecule has 3 aromatic carbocycles. The van der Waals surface area contributed by atoms with Gasteiger partial charge >= 0.3 is 6.18 Å². The molecule has 0 saturated carbocycles. The first-order valence-corrected chi connectivity index (χ1v) is 10.1. The summed E-state index contributed by atoms with van der Waals surface area (Å²) in [5.41, 5.74) is -2.42. The molecule has 0 saturated heterocycles. The van der Waals surface area contributed by atoms with Crippen LogP contribution in [-0.4, -0.2) is 27.3 Å². The molecule has 0 bridgehead atoms.